The predicted molar refractivity (Wildman–Crippen MR) is 140 cm³/mol. The van der Waals surface area contributed by atoms with E-state index in [0.717, 1.165) is 48.1 Å². The van der Waals surface area contributed by atoms with Crippen LogP contribution < -0.4 is 10.9 Å². The van der Waals surface area contributed by atoms with E-state index in [0.29, 0.717) is 22.9 Å². The summed E-state index contributed by atoms with van der Waals surface area (Å²) in [7, 11) is 0. The van der Waals surface area contributed by atoms with Crippen LogP contribution in [0.4, 0.5) is 0 Å². The van der Waals surface area contributed by atoms with Crippen molar-refractivity contribution in [1.82, 2.24) is 24.5 Å². The first kappa shape index (κ1) is 22.1. The van der Waals surface area contributed by atoms with Gasteiger partial charge in [-0.05, 0) is 74.0 Å². The highest BCUT2D eigenvalue weighted by atomic mass is 32.2. The smallest absolute Gasteiger partial charge is 0.263 e. The number of para-hydroxylation sites is 1. The maximum atomic E-state index is 13.4. The van der Waals surface area contributed by atoms with Gasteiger partial charge in [-0.2, -0.15) is 0 Å². The van der Waals surface area contributed by atoms with Crippen molar-refractivity contribution in [2.45, 2.75) is 55.8 Å². The maximum Gasteiger partial charge on any atom is 0.263 e. The Kier molecular flexibility index (Phi) is 5.20. The van der Waals surface area contributed by atoms with Crippen LogP contribution in [-0.2, 0) is 11.3 Å². The van der Waals surface area contributed by atoms with E-state index in [-0.39, 0.29) is 22.8 Å². The zero-order chi connectivity index (χ0) is 24.3. The van der Waals surface area contributed by atoms with Gasteiger partial charge < -0.3 is 5.32 Å². The van der Waals surface area contributed by atoms with E-state index in [4.69, 9.17) is 0 Å². The van der Waals surface area contributed by atoms with Crippen LogP contribution in [0.1, 0.15) is 44.1 Å². The topological polar surface area (TPSA) is 81.3 Å². The van der Waals surface area contributed by atoms with Crippen molar-refractivity contribution in [2.24, 2.45) is 17.8 Å². The summed E-state index contributed by atoms with van der Waals surface area (Å²) in [6, 6.07) is 17.4. The summed E-state index contributed by atoms with van der Waals surface area (Å²) in [5.41, 5.74) is 1.69. The second kappa shape index (κ2) is 8.47. The fraction of sp³-hybridized carbons (Fsp3) is 0.429. The zero-order valence-corrected chi connectivity index (χ0v) is 20.9. The zero-order valence-electron chi connectivity index (χ0n) is 20.1. The Balaban J connectivity index is 1.18. The Bertz CT molecular complexity index is 1490. The lowest BCUT2D eigenvalue weighted by molar-refractivity contribution is -0.124. The van der Waals surface area contributed by atoms with Crippen LogP contribution >= 0.6 is 11.8 Å². The van der Waals surface area contributed by atoms with Crippen LogP contribution in [0.2, 0.25) is 0 Å². The molecule has 8 heteroatoms. The molecule has 1 N–H and O–H groups in total. The summed E-state index contributed by atoms with van der Waals surface area (Å²) in [4.78, 5) is 26.5. The molecule has 0 spiro atoms. The number of benzene rings is 2. The van der Waals surface area contributed by atoms with Gasteiger partial charge in [0.1, 0.15) is 0 Å². The fourth-order valence-corrected chi connectivity index (χ4v) is 8.20. The molecule has 4 aromatic rings. The highest BCUT2D eigenvalue weighted by molar-refractivity contribution is 7.99. The van der Waals surface area contributed by atoms with Crippen molar-refractivity contribution >= 4 is 34.3 Å². The van der Waals surface area contributed by atoms with Crippen molar-refractivity contribution < 1.29 is 4.79 Å². The van der Waals surface area contributed by atoms with E-state index in [1.54, 1.807) is 4.57 Å². The number of hydrogen-bond donors (Lipinski definition) is 1. The second-order valence-electron chi connectivity index (χ2n) is 11.0. The summed E-state index contributed by atoms with van der Waals surface area (Å²) in [6.07, 6.45) is 7.48. The average Bonchev–Trinajstić information content (AvgIpc) is 3.29. The number of thioether (sulfide) groups is 1. The summed E-state index contributed by atoms with van der Waals surface area (Å²) < 4.78 is 3.59. The molecule has 0 atom stereocenters. The number of rotatable bonds is 6. The Labute approximate surface area is 213 Å². The summed E-state index contributed by atoms with van der Waals surface area (Å²) in [5.74, 6) is 3.22. The van der Waals surface area contributed by atoms with Gasteiger partial charge in [0.05, 0.1) is 23.2 Å². The molecule has 0 unspecified atom stereocenters. The number of amides is 1. The Morgan fingerprint density at radius 3 is 2.33 bits per heavy atom. The van der Waals surface area contributed by atoms with Crippen LogP contribution in [0.15, 0.2) is 64.5 Å². The number of carbonyl (C=O) groups is 1. The maximum absolute atomic E-state index is 13.4. The molecule has 0 aliphatic heterocycles. The number of carbonyl (C=O) groups excluding carboxylic acids is 1. The van der Waals surface area contributed by atoms with E-state index in [9.17, 15) is 9.59 Å². The molecular weight excluding hydrogens is 470 g/mol. The van der Waals surface area contributed by atoms with E-state index in [1.807, 2.05) is 59.0 Å². The van der Waals surface area contributed by atoms with Crippen molar-refractivity contribution in [3.63, 3.8) is 0 Å². The number of nitrogens with one attached hydrogen (secondary N) is 1. The van der Waals surface area contributed by atoms with Crippen LogP contribution in [0, 0.1) is 17.8 Å². The highest BCUT2D eigenvalue weighted by Gasteiger charge is 2.51. The summed E-state index contributed by atoms with van der Waals surface area (Å²) in [6.45, 7) is 0.406. The molecule has 4 aliphatic carbocycles. The molecule has 2 aromatic heterocycles. The van der Waals surface area contributed by atoms with Crippen molar-refractivity contribution in [1.29, 1.82) is 0 Å². The largest absolute Gasteiger partial charge is 0.350 e. The van der Waals surface area contributed by atoms with Crippen LogP contribution in [0.25, 0.3) is 16.7 Å². The molecule has 4 fully saturated rings. The summed E-state index contributed by atoms with van der Waals surface area (Å²) >= 11 is 1.39. The molecule has 184 valence electrons. The number of aromatic nitrogens is 4. The lowest BCUT2D eigenvalue weighted by Gasteiger charge is -2.56. The van der Waals surface area contributed by atoms with E-state index < -0.39 is 0 Å². The van der Waals surface area contributed by atoms with Gasteiger partial charge in [-0.15, -0.1) is 10.2 Å². The van der Waals surface area contributed by atoms with Crippen LogP contribution in [-0.4, -0.2) is 36.4 Å². The Morgan fingerprint density at radius 2 is 1.61 bits per heavy atom. The van der Waals surface area contributed by atoms with Gasteiger partial charge in [-0.1, -0.05) is 54.2 Å². The van der Waals surface area contributed by atoms with E-state index in [1.165, 1.54) is 31.0 Å². The van der Waals surface area contributed by atoms with Crippen molar-refractivity contribution in [3.05, 3.63) is 70.5 Å². The highest BCUT2D eigenvalue weighted by Crippen LogP contribution is 2.55. The molecule has 2 heterocycles. The molecule has 36 heavy (non-hydrogen) atoms. The molecule has 4 saturated carbocycles. The van der Waals surface area contributed by atoms with E-state index in [2.05, 4.69) is 15.5 Å². The number of fused-ring (bicyclic) bond motifs is 3. The third-order valence-corrected chi connectivity index (χ3v) is 9.37. The fourth-order valence-electron chi connectivity index (χ4n) is 7.46. The van der Waals surface area contributed by atoms with Crippen LogP contribution in [0.3, 0.4) is 0 Å². The molecule has 0 saturated heterocycles. The van der Waals surface area contributed by atoms with Gasteiger partial charge in [-0.25, -0.2) is 0 Å². The minimum absolute atomic E-state index is 0.00215. The summed E-state index contributed by atoms with van der Waals surface area (Å²) in [5, 5.41) is 13.5. The third kappa shape index (κ3) is 3.74. The first-order chi connectivity index (χ1) is 17.6. The molecule has 4 aliphatic rings. The first-order valence-electron chi connectivity index (χ1n) is 12.9. The quantitative estimate of drug-likeness (QED) is 0.401. The van der Waals surface area contributed by atoms with Crippen molar-refractivity contribution in [2.75, 3.05) is 5.75 Å². The molecular formula is C28H29N5O2S. The molecule has 4 bridgehead atoms. The predicted octanol–water partition coefficient (Wildman–Crippen LogP) is 4.27. The monoisotopic (exact) mass is 499 g/mol. The normalized spacial score (nSPS) is 26.6. The molecule has 2 aromatic carbocycles. The van der Waals surface area contributed by atoms with Crippen LogP contribution in [0.5, 0.6) is 0 Å². The van der Waals surface area contributed by atoms with Gasteiger partial charge in [-0.3, -0.25) is 18.6 Å². The Hall–Kier alpha value is -3.13. The first-order valence-corrected chi connectivity index (χ1v) is 13.9. The molecule has 8 rings (SSSR count). The SMILES string of the molecule is O=C(CSc1nnc2n(Cc3ccccc3)c(=O)c3ccccc3n12)NC12CC3CC(CC(C3)C1)C2. The van der Waals surface area contributed by atoms with Gasteiger partial charge in [0, 0.05) is 5.54 Å². The van der Waals surface area contributed by atoms with Gasteiger partial charge >= 0.3 is 0 Å². The lowest BCUT2D eigenvalue weighted by Crippen LogP contribution is -2.60. The Morgan fingerprint density at radius 1 is 0.944 bits per heavy atom. The minimum Gasteiger partial charge on any atom is -0.350 e. The molecule has 7 nitrogen and oxygen atoms in total. The second-order valence-corrected chi connectivity index (χ2v) is 12.0. The van der Waals surface area contributed by atoms with Gasteiger partial charge in [0.15, 0.2) is 5.16 Å². The average molecular weight is 500 g/mol. The standard InChI is InChI=1S/C28H29N5O2S/c34-24(29-28-13-19-10-20(14-28)12-21(11-19)15-28)17-36-27-31-30-26-32(16-18-6-2-1-3-7-18)25(35)22-8-4-5-9-23(22)33(26)27/h1-9,19-21H,10-17H2,(H,29,34). The van der Waals surface area contributed by atoms with Crippen molar-refractivity contribution in [3.8, 4) is 0 Å². The third-order valence-electron chi connectivity index (χ3n) is 8.44. The lowest BCUT2D eigenvalue weighted by atomic mass is 9.53. The molecule has 0 radical (unpaired) electrons. The van der Waals surface area contributed by atoms with Gasteiger partial charge in [0.2, 0.25) is 11.7 Å². The minimum atomic E-state index is -0.0922. The molecule has 1 amide bonds. The number of nitrogens with zero attached hydrogens (tertiary/aromatic N) is 4. The van der Waals surface area contributed by atoms with E-state index >= 15 is 0 Å². The van der Waals surface area contributed by atoms with Gasteiger partial charge in [0.25, 0.3) is 5.56 Å². The number of hydrogen-bond acceptors (Lipinski definition) is 5.